The number of furan rings is 2. The van der Waals surface area contributed by atoms with Gasteiger partial charge in [-0.05, 0) is 128 Å². The molecule has 74 heavy (non-hydrogen) atoms. The van der Waals surface area contributed by atoms with Gasteiger partial charge in [0.25, 0.3) is 0 Å². The first kappa shape index (κ1) is 43.6. The van der Waals surface area contributed by atoms with Gasteiger partial charge in [-0.25, -0.2) is 0 Å². The van der Waals surface area contributed by atoms with Gasteiger partial charge in [0.15, 0.2) is 0 Å². The molecule has 0 saturated carbocycles. The van der Waals surface area contributed by atoms with Crippen molar-refractivity contribution in [2.45, 2.75) is 83.0 Å². The van der Waals surface area contributed by atoms with Crippen LogP contribution >= 0.6 is 0 Å². The van der Waals surface area contributed by atoms with Gasteiger partial charge in [0.1, 0.15) is 22.4 Å². The highest BCUT2D eigenvalue weighted by Crippen LogP contribution is 2.62. The van der Waals surface area contributed by atoms with Crippen molar-refractivity contribution in [3.05, 3.63) is 233 Å². The lowest BCUT2D eigenvalue weighted by molar-refractivity contribution is 0.332. The average molecular weight is 957 g/mol. The standard InChI is InChI=1S/C69H57BN2O2/c1-6-7-22-43-35-36-55(49(39-43)44-23-11-8-12-24-44)71-57-42-60-61(47-29-17-20-34-58(47)73-60)62-48-30-21-32-52-64(48)72(56-33-19-18-31-51(56)69(52,45-25-13-9-14-26-45)46-27-15-10-16-28-46)70(63(57)62)66-65(71)50-40-53-54(41-59(50)74-66)68(4,5)38-37-67(53,2)3/h8-21,23-36,39-42H,6-7,22,37-38H2,1-5H3. The number of hydrogen-bond donors (Lipinski definition) is 0. The largest absolute Gasteiger partial charge is 0.466 e. The number of anilines is 5. The fourth-order valence-corrected chi connectivity index (χ4v) is 14.1. The number of fused-ring (bicyclic) bond motifs is 13. The predicted octanol–water partition coefficient (Wildman–Crippen LogP) is 17.1. The molecule has 358 valence electrons. The summed E-state index contributed by atoms with van der Waals surface area (Å²) in [6.45, 7) is 11.7. The maximum absolute atomic E-state index is 7.86. The number of aryl methyl sites for hydroxylation is 1. The summed E-state index contributed by atoms with van der Waals surface area (Å²) in [5.41, 5.74) is 23.8. The van der Waals surface area contributed by atoms with E-state index in [0.717, 1.165) is 87.7 Å². The van der Waals surface area contributed by atoms with E-state index in [0.29, 0.717) is 0 Å². The highest BCUT2D eigenvalue weighted by Gasteiger charge is 2.56. The van der Waals surface area contributed by atoms with Crippen molar-refractivity contribution in [3.63, 3.8) is 0 Å². The highest BCUT2D eigenvalue weighted by atomic mass is 16.3. The van der Waals surface area contributed by atoms with Crippen molar-refractivity contribution in [2.75, 3.05) is 9.71 Å². The molecule has 0 unspecified atom stereocenters. The molecule has 5 heteroatoms. The van der Waals surface area contributed by atoms with Crippen LogP contribution in [-0.2, 0) is 22.7 Å². The third kappa shape index (κ3) is 5.87. The second-order valence-corrected chi connectivity index (χ2v) is 22.8. The predicted molar refractivity (Wildman–Crippen MR) is 308 cm³/mol. The van der Waals surface area contributed by atoms with Gasteiger partial charge in [-0.1, -0.05) is 193 Å². The highest BCUT2D eigenvalue weighted by molar-refractivity contribution is 6.93. The summed E-state index contributed by atoms with van der Waals surface area (Å²) < 4.78 is 15.0. The molecule has 1 aliphatic carbocycles. The molecule has 11 aromatic rings. The summed E-state index contributed by atoms with van der Waals surface area (Å²) in [4.78, 5) is 5.27. The van der Waals surface area contributed by atoms with E-state index in [4.69, 9.17) is 8.83 Å². The Hall–Kier alpha value is -8.02. The molecule has 3 aliphatic heterocycles. The molecule has 15 rings (SSSR count). The van der Waals surface area contributed by atoms with Crippen molar-refractivity contribution < 1.29 is 8.83 Å². The second kappa shape index (κ2) is 15.7. The summed E-state index contributed by atoms with van der Waals surface area (Å²) in [6.07, 6.45) is 5.54. The monoisotopic (exact) mass is 956 g/mol. The van der Waals surface area contributed by atoms with E-state index in [2.05, 4.69) is 238 Å². The summed E-state index contributed by atoms with van der Waals surface area (Å²) in [6, 6.07) is 72.9. The Morgan fingerprint density at radius 3 is 1.91 bits per heavy atom. The van der Waals surface area contributed by atoms with Crippen LogP contribution in [0.5, 0.6) is 0 Å². The van der Waals surface area contributed by atoms with Gasteiger partial charge in [0.2, 0.25) is 0 Å². The third-order valence-corrected chi connectivity index (χ3v) is 17.7. The van der Waals surface area contributed by atoms with Crippen LogP contribution in [0.3, 0.4) is 0 Å². The van der Waals surface area contributed by atoms with Crippen molar-refractivity contribution >= 4 is 79.3 Å². The van der Waals surface area contributed by atoms with E-state index in [1.165, 1.54) is 78.0 Å². The Bertz CT molecular complexity index is 4050. The van der Waals surface area contributed by atoms with Crippen LogP contribution in [0.2, 0.25) is 0 Å². The van der Waals surface area contributed by atoms with Gasteiger partial charge in [0.05, 0.1) is 16.8 Å². The first-order valence-corrected chi connectivity index (χ1v) is 26.9. The topological polar surface area (TPSA) is 32.8 Å². The Labute approximate surface area is 434 Å². The smallest absolute Gasteiger partial charge is 0.375 e. The normalized spacial score (nSPS) is 16.2. The summed E-state index contributed by atoms with van der Waals surface area (Å²) in [5.74, 6) is 0. The molecule has 0 spiro atoms. The molecule has 2 aromatic heterocycles. The minimum atomic E-state index is -0.647. The number of hydrogen-bond acceptors (Lipinski definition) is 4. The Kier molecular flexibility index (Phi) is 9.27. The first-order chi connectivity index (χ1) is 36.2. The summed E-state index contributed by atoms with van der Waals surface area (Å²) >= 11 is 0. The average Bonchev–Trinajstić information content (AvgIpc) is 4.11. The second-order valence-electron chi connectivity index (χ2n) is 22.8. The fourth-order valence-electron chi connectivity index (χ4n) is 14.1. The molecule has 4 nitrogen and oxygen atoms in total. The Balaban J connectivity index is 1.14. The van der Waals surface area contributed by atoms with E-state index in [1.54, 1.807) is 0 Å². The zero-order valence-electron chi connectivity index (χ0n) is 42.8. The maximum atomic E-state index is 7.86. The lowest BCUT2D eigenvalue weighted by Gasteiger charge is -2.52. The zero-order valence-corrected chi connectivity index (χ0v) is 42.8. The lowest BCUT2D eigenvalue weighted by Crippen LogP contribution is -2.62. The lowest BCUT2D eigenvalue weighted by atomic mass is 9.44. The molecule has 0 atom stereocenters. The first-order valence-electron chi connectivity index (χ1n) is 26.9. The van der Waals surface area contributed by atoms with Gasteiger partial charge in [-0.3, -0.25) is 0 Å². The molecule has 4 aliphatic rings. The van der Waals surface area contributed by atoms with Crippen LogP contribution in [0.1, 0.15) is 99.2 Å². The molecule has 0 N–H and O–H groups in total. The number of nitrogens with zero attached hydrogens (tertiary/aromatic N) is 2. The van der Waals surface area contributed by atoms with Crippen molar-refractivity contribution in [1.29, 1.82) is 0 Å². The minimum absolute atomic E-state index is 0.00874. The molecule has 0 amide bonds. The SMILES string of the molecule is CCCCc1ccc(N2c3cc4oc5ccccc5c4c4c3B(c3oc5cc6c(cc5c32)C(C)(C)CCC6(C)C)N2c3ccccc3C(c3ccccc3)(c3ccccc3)c3cccc-4c32)c(-c2ccccc2)c1. The molecule has 0 fully saturated rings. The van der Waals surface area contributed by atoms with E-state index < -0.39 is 5.41 Å². The maximum Gasteiger partial charge on any atom is 0.375 e. The quantitative estimate of drug-likeness (QED) is 0.149. The van der Waals surface area contributed by atoms with Crippen LogP contribution in [-0.4, -0.2) is 6.85 Å². The number of unbranched alkanes of at least 4 members (excludes halogenated alkanes) is 1. The molecule has 0 saturated heterocycles. The third-order valence-electron chi connectivity index (χ3n) is 17.7. The molecule has 9 aromatic carbocycles. The van der Waals surface area contributed by atoms with Crippen molar-refractivity contribution in [3.8, 4) is 22.3 Å². The summed E-state index contributed by atoms with van der Waals surface area (Å²) in [7, 11) is 0. The van der Waals surface area contributed by atoms with E-state index >= 15 is 0 Å². The zero-order chi connectivity index (χ0) is 49.7. The number of benzene rings is 9. The minimum Gasteiger partial charge on any atom is -0.466 e. The van der Waals surface area contributed by atoms with Gasteiger partial charge < -0.3 is 18.5 Å². The van der Waals surface area contributed by atoms with E-state index in [1.807, 2.05) is 0 Å². The molecular weight excluding hydrogens is 900 g/mol. The van der Waals surface area contributed by atoms with E-state index in [-0.39, 0.29) is 17.7 Å². The van der Waals surface area contributed by atoms with Crippen molar-refractivity contribution in [1.82, 2.24) is 0 Å². The number of rotatable bonds is 7. The molecule has 5 heterocycles. The van der Waals surface area contributed by atoms with Gasteiger partial charge in [-0.15, -0.1) is 0 Å². The van der Waals surface area contributed by atoms with Crippen LogP contribution in [0.15, 0.2) is 203 Å². The number of para-hydroxylation sites is 3. The van der Waals surface area contributed by atoms with Crippen LogP contribution in [0.4, 0.5) is 28.4 Å². The fraction of sp³-hybridized carbons (Fsp3) is 0.188. The van der Waals surface area contributed by atoms with Crippen molar-refractivity contribution in [2.24, 2.45) is 0 Å². The Morgan fingerprint density at radius 1 is 0.500 bits per heavy atom. The molecule has 0 radical (unpaired) electrons. The molecular formula is C69H57BN2O2. The van der Waals surface area contributed by atoms with Crippen LogP contribution < -0.4 is 20.8 Å². The van der Waals surface area contributed by atoms with Gasteiger partial charge in [0, 0.05) is 50.4 Å². The van der Waals surface area contributed by atoms with E-state index in [9.17, 15) is 0 Å². The molecule has 0 bridgehead atoms. The Morgan fingerprint density at radius 2 is 1.16 bits per heavy atom. The van der Waals surface area contributed by atoms with Crippen LogP contribution in [0.25, 0.3) is 55.2 Å². The van der Waals surface area contributed by atoms with Crippen LogP contribution in [0, 0.1) is 0 Å². The van der Waals surface area contributed by atoms with Gasteiger partial charge in [-0.2, -0.15) is 0 Å². The van der Waals surface area contributed by atoms with Gasteiger partial charge >= 0.3 is 6.85 Å². The summed E-state index contributed by atoms with van der Waals surface area (Å²) in [5, 5.41) is 3.39.